The number of hydrogen-bond donors (Lipinski definition) is 2. The molecule has 0 bridgehead atoms. The minimum Gasteiger partial charge on any atom is -0.382 e. The Balaban J connectivity index is 1.19. The molecule has 6 rings (SSSR count). The smallest absolute Gasteiger partial charge is 0.281 e. The van der Waals surface area contributed by atoms with Crippen LogP contribution < -0.4 is 21.3 Å². The molecule has 0 radical (unpaired) electrons. The SMILES string of the molecule is N#Cc1cnn2c1N(C(=O)c1ncc(N3CCC4(CC3)Cc3ccccc3[C@H]4N)nc1N)CCC2. The van der Waals surface area contributed by atoms with Crippen LogP contribution in [-0.4, -0.2) is 45.3 Å². The molecular weight excluding hydrogens is 442 g/mol. The topological polar surface area (TPSA) is 143 Å². The fraction of sp³-hybridized carbons (Fsp3) is 0.400. The number of nitrogens with zero attached hydrogens (tertiary/aromatic N) is 7. The minimum absolute atomic E-state index is 0.0493. The van der Waals surface area contributed by atoms with Crippen molar-refractivity contribution in [2.24, 2.45) is 11.1 Å². The number of carbonyl (C=O) groups is 1. The standard InChI is InChI=1S/C25H27N9O/c26-13-17-14-30-34-9-3-8-33(23(17)34)24(35)20-22(28)31-19(15-29-20)32-10-6-25(7-11-32)12-16-4-1-2-5-18(16)21(25)27/h1-2,4-5,14-15,21H,3,6-12,27H2,(H2,28,31)/t21-/m1/s1. The number of benzene rings is 1. The average Bonchev–Trinajstić information content (AvgIpc) is 3.43. The number of aromatic nitrogens is 4. The Morgan fingerprint density at radius 3 is 2.69 bits per heavy atom. The lowest BCUT2D eigenvalue weighted by molar-refractivity contribution is 0.0977. The highest BCUT2D eigenvalue weighted by atomic mass is 16.2. The monoisotopic (exact) mass is 469 g/mol. The van der Waals surface area contributed by atoms with Gasteiger partial charge in [0.15, 0.2) is 17.3 Å². The molecule has 1 aromatic carbocycles. The van der Waals surface area contributed by atoms with E-state index in [1.54, 1.807) is 10.9 Å². The van der Waals surface area contributed by atoms with E-state index >= 15 is 0 Å². The van der Waals surface area contributed by atoms with Gasteiger partial charge in [0.1, 0.15) is 17.5 Å². The molecule has 1 spiro atoms. The molecular formula is C25H27N9O. The molecule has 4 heterocycles. The van der Waals surface area contributed by atoms with Crippen LogP contribution in [0.2, 0.25) is 0 Å². The Bertz CT molecular complexity index is 1350. The van der Waals surface area contributed by atoms with Gasteiger partial charge < -0.3 is 16.4 Å². The molecule has 4 N–H and O–H groups in total. The number of piperidine rings is 1. The fourth-order valence-corrected chi connectivity index (χ4v) is 5.91. The summed E-state index contributed by atoms with van der Waals surface area (Å²) in [6.45, 7) is 2.74. The summed E-state index contributed by atoms with van der Waals surface area (Å²) in [4.78, 5) is 26.0. The number of aryl methyl sites for hydroxylation is 1. The largest absolute Gasteiger partial charge is 0.382 e. The zero-order valence-corrected chi connectivity index (χ0v) is 19.4. The van der Waals surface area contributed by atoms with Gasteiger partial charge in [-0.1, -0.05) is 24.3 Å². The van der Waals surface area contributed by atoms with Crippen LogP contribution in [0.25, 0.3) is 0 Å². The lowest BCUT2D eigenvalue weighted by atomic mass is 9.73. The third kappa shape index (κ3) is 3.34. The number of amides is 1. The van der Waals surface area contributed by atoms with Gasteiger partial charge in [0.05, 0.1) is 12.4 Å². The van der Waals surface area contributed by atoms with Gasteiger partial charge in [-0.25, -0.2) is 14.6 Å². The second kappa shape index (κ2) is 8.06. The van der Waals surface area contributed by atoms with Crippen LogP contribution in [0.4, 0.5) is 17.5 Å². The van der Waals surface area contributed by atoms with Crippen molar-refractivity contribution in [2.75, 3.05) is 35.2 Å². The number of nitriles is 1. The minimum atomic E-state index is -0.369. The second-order valence-corrected chi connectivity index (χ2v) is 9.69. The molecule has 1 amide bonds. The summed E-state index contributed by atoms with van der Waals surface area (Å²) in [6.07, 6.45) is 6.77. The van der Waals surface area contributed by atoms with E-state index in [1.807, 2.05) is 0 Å². The zero-order chi connectivity index (χ0) is 24.2. The first-order valence-corrected chi connectivity index (χ1v) is 12.0. The van der Waals surface area contributed by atoms with Crippen LogP contribution in [0.15, 0.2) is 36.7 Å². The molecule has 1 saturated heterocycles. The molecule has 0 unspecified atom stereocenters. The van der Waals surface area contributed by atoms with Crippen LogP contribution in [0.3, 0.4) is 0 Å². The maximum atomic E-state index is 13.3. The first kappa shape index (κ1) is 21.6. The average molecular weight is 470 g/mol. The summed E-state index contributed by atoms with van der Waals surface area (Å²) < 4.78 is 1.67. The Morgan fingerprint density at radius 2 is 1.94 bits per heavy atom. The Hall–Kier alpha value is -3.97. The lowest BCUT2D eigenvalue weighted by Crippen LogP contribution is -2.44. The molecule has 10 nitrogen and oxygen atoms in total. The molecule has 178 valence electrons. The van der Waals surface area contributed by atoms with Crippen molar-refractivity contribution in [2.45, 2.75) is 38.3 Å². The number of fused-ring (bicyclic) bond motifs is 2. The van der Waals surface area contributed by atoms with Crippen LogP contribution in [0, 0.1) is 16.7 Å². The van der Waals surface area contributed by atoms with Gasteiger partial charge in [-0.05, 0) is 42.2 Å². The number of nitrogen functional groups attached to an aromatic ring is 1. The second-order valence-electron chi connectivity index (χ2n) is 9.69. The van der Waals surface area contributed by atoms with E-state index in [2.05, 4.69) is 50.3 Å². The lowest BCUT2D eigenvalue weighted by Gasteiger charge is -2.42. The molecule has 1 fully saturated rings. The third-order valence-electron chi connectivity index (χ3n) is 7.85. The molecule has 2 aliphatic heterocycles. The van der Waals surface area contributed by atoms with Crippen molar-refractivity contribution >= 4 is 23.4 Å². The summed E-state index contributed by atoms with van der Waals surface area (Å²) in [6, 6.07) is 10.6. The summed E-state index contributed by atoms with van der Waals surface area (Å²) in [5.41, 5.74) is 16.1. The number of rotatable bonds is 2. The molecule has 2 aromatic heterocycles. The van der Waals surface area contributed by atoms with Gasteiger partial charge in [0.2, 0.25) is 0 Å². The maximum Gasteiger partial charge on any atom is 0.281 e. The van der Waals surface area contributed by atoms with Gasteiger partial charge in [-0.15, -0.1) is 0 Å². The van der Waals surface area contributed by atoms with E-state index in [0.717, 1.165) is 38.8 Å². The fourth-order valence-electron chi connectivity index (χ4n) is 5.91. The van der Waals surface area contributed by atoms with Crippen LogP contribution in [0.1, 0.15) is 52.5 Å². The Kier molecular flexibility index (Phi) is 4.96. The molecule has 35 heavy (non-hydrogen) atoms. The summed E-state index contributed by atoms with van der Waals surface area (Å²) in [7, 11) is 0. The number of hydrogen-bond acceptors (Lipinski definition) is 8. The van der Waals surface area contributed by atoms with Crippen molar-refractivity contribution < 1.29 is 4.79 Å². The molecule has 1 atom stereocenters. The molecule has 10 heteroatoms. The number of nitrogens with two attached hydrogens (primary N) is 2. The van der Waals surface area contributed by atoms with Gasteiger partial charge >= 0.3 is 0 Å². The predicted octanol–water partition coefficient (Wildman–Crippen LogP) is 2.02. The third-order valence-corrected chi connectivity index (χ3v) is 7.85. The zero-order valence-electron chi connectivity index (χ0n) is 19.4. The van der Waals surface area contributed by atoms with Crippen LogP contribution in [-0.2, 0) is 13.0 Å². The van der Waals surface area contributed by atoms with E-state index in [4.69, 9.17) is 11.5 Å². The van der Waals surface area contributed by atoms with Crippen molar-refractivity contribution in [3.05, 3.63) is 59.0 Å². The van der Waals surface area contributed by atoms with E-state index in [9.17, 15) is 10.1 Å². The summed E-state index contributed by atoms with van der Waals surface area (Å²) in [5.74, 6) is 0.878. The highest BCUT2D eigenvalue weighted by molar-refractivity contribution is 6.07. The van der Waals surface area contributed by atoms with Crippen molar-refractivity contribution in [3.63, 3.8) is 0 Å². The van der Waals surface area contributed by atoms with Crippen molar-refractivity contribution in [3.8, 4) is 6.07 Å². The van der Waals surface area contributed by atoms with E-state index in [-0.39, 0.29) is 28.9 Å². The Morgan fingerprint density at radius 1 is 1.14 bits per heavy atom. The molecule has 3 aliphatic rings. The Labute approximate surface area is 203 Å². The molecule has 3 aromatic rings. The number of carbonyl (C=O) groups excluding carboxylic acids is 1. The quantitative estimate of drug-likeness (QED) is 0.580. The summed E-state index contributed by atoms with van der Waals surface area (Å²) in [5, 5.41) is 13.6. The van der Waals surface area contributed by atoms with Crippen LogP contribution in [0.5, 0.6) is 0 Å². The summed E-state index contributed by atoms with van der Waals surface area (Å²) >= 11 is 0. The van der Waals surface area contributed by atoms with E-state index in [1.165, 1.54) is 22.2 Å². The van der Waals surface area contributed by atoms with Gasteiger partial charge in [-0.3, -0.25) is 9.69 Å². The van der Waals surface area contributed by atoms with Crippen molar-refractivity contribution in [1.82, 2.24) is 19.7 Å². The molecule has 1 aliphatic carbocycles. The first-order valence-electron chi connectivity index (χ1n) is 12.0. The highest BCUT2D eigenvalue weighted by Crippen LogP contribution is 2.50. The van der Waals surface area contributed by atoms with E-state index in [0.29, 0.717) is 30.3 Å². The highest BCUT2D eigenvalue weighted by Gasteiger charge is 2.46. The van der Waals surface area contributed by atoms with E-state index < -0.39 is 0 Å². The number of anilines is 3. The predicted molar refractivity (Wildman–Crippen MR) is 131 cm³/mol. The first-order chi connectivity index (χ1) is 17.0. The van der Waals surface area contributed by atoms with Gasteiger partial charge in [0, 0.05) is 32.2 Å². The van der Waals surface area contributed by atoms with Crippen LogP contribution >= 0.6 is 0 Å². The normalized spacial score (nSPS) is 20.4. The molecule has 0 saturated carbocycles. The maximum absolute atomic E-state index is 13.3. The van der Waals surface area contributed by atoms with Crippen molar-refractivity contribution in [1.29, 1.82) is 5.26 Å². The van der Waals surface area contributed by atoms with Gasteiger partial charge in [0.25, 0.3) is 5.91 Å². The van der Waals surface area contributed by atoms with Gasteiger partial charge in [-0.2, -0.15) is 10.4 Å².